The number of hydrogen-bond acceptors (Lipinski definition) is 5. The molecule has 0 radical (unpaired) electrons. The zero-order valence-corrected chi connectivity index (χ0v) is 11.2. The predicted molar refractivity (Wildman–Crippen MR) is 74.7 cm³/mol. The number of aromatic nitrogens is 2. The fraction of sp³-hybridized carbons (Fsp3) is 0.385. The molecule has 5 heteroatoms. The lowest BCUT2D eigenvalue weighted by molar-refractivity contribution is 0.282. The van der Waals surface area contributed by atoms with Crippen LogP contribution >= 0.6 is 11.3 Å². The molecule has 1 aromatic carbocycles. The first-order chi connectivity index (χ1) is 8.83. The summed E-state index contributed by atoms with van der Waals surface area (Å²) in [6.45, 7) is 3.17. The molecule has 0 amide bonds. The Hall–Kier alpha value is -1.46. The number of anilines is 1. The van der Waals surface area contributed by atoms with E-state index in [1.165, 1.54) is 6.42 Å². The van der Waals surface area contributed by atoms with Crippen LogP contribution in [0, 0.1) is 0 Å². The second-order valence-corrected chi connectivity index (χ2v) is 5.03. The molecule has 0 fully saturated rings. The van der Waals surface area contributed by atoms with Crippen LogP contribution in [0.1, 0.15) is 25.3 Å². The molecule has 2 N–H and O–H groups in total. The lowest BCUT2D eigenvalue weighted by Crippen LogP contribution is -1.99. The van der Waals surface area contributed by atoms with Crippen LogP contribution in [0.3, 0.4) is 0 Å². The fourth-order valence-electron chi connectivity index (χ4n) is 1.54. The summed E-state index contributed by atoms with van der Waals surface area (Å²) in [4.78, 5) is 0. The molecule has 0 atom stereocenters. The lowest BCUT2D eigenvalue weighted by Gasteiger charge is -1.98. The third kappa shape index (κ3) is 3.27. The topological polar surface area (TPSA) is 58.0 Å². The Balaban J connectivity index is 2.04. The summed E-state index contributed by atoms with van der Waals surface area (Å²) in [6, 6.07) is 7.73. The minimum absolute atomic E-state index is 0.0697. The average molecular weight is 263 g/mol. The Kier molecular flexibility index (Phi) is 4.66. The van der Waals surface area contributed by atoms with Gasteiger partial charge in [-0.2, -0.15) is 0 Å². The van der Waals surface area contributed by atoms with Gasteiger partial charge in [0.15, 0.2) is 0 Å². The molecule has 0 saturated carbocycles. The van der Waals surface area contributed by atoms with E-state index >= 15 is 0 Å². The monoisotopic (exact) mass is 263 g/mol. The van der Waals surface area contributed by atoms with E-state index in [0.29, 0.717) is 0 Å². The van der Waals surface area contributed by atoms with Crippen molar-refractivity contribution < 1.29 is 5.11 Å². The van der Waals surface area contributed by atoms with Gasteiger partial charge in [-0.1, -0.05) is 48.9 Å². The number of unbranched alkanes of at least 4 members (excludes halogenated alkanes) is 1. The number of nitrogens with zero attached hydrogens (tertiary/aromatic N) is 2. The van der Waals surface area contributed by atoms with Crippen LogP contribution < -0.4 is 5.32 Å². The minimum atomic E-state index is 0.0697. The average Bonchev–Trinajstić information content (AvgIpc) is 2.88. The van der Waals surface area contributed by atoms with E-state index in [0.717, 1.165) is 34.2 Å². The minimum Gasteiger partial charge on any atom is -0.392 e. The number of aliphatic hydroxyl groups excluding tert-OH is 1. The van der Waals surface area contributed by atoms with Crippen LogP contribution in [-0.2, 0) is 6.61 Å². The van der Waals surface area contributed by atoms with Crippen molar-refractivity contribution in [3.8, 4) is 10.6 Å². The lowest BCUT2D eigenvalue weighted by atomic mass is 10.1. The molecule has 1 aromatic heterocycles. The third-order valence-electron chi connectivity index (χ3n) is 2.62. The molecule has 0 unspecified atom stereocenters. The second kappa shape index (κ2) is 6.47. The van der Waals surface area contributed by atoms with Gasteiger partial charge in [-0.3, -0.25) is 0 Å². The van der Waals surface area contributed by atoms with Crippen LogP contribution in [0.5, 0.6) is 0 Å². The molecule has 2 rings (SSSR count). The van der Waals surface area contributed by atoms with Crippen LogP contribution in [0.4, 0.5) is 5.13 Å². The first-order valence-corrected chi connectivity index (χ1v) is 6.92. The van der Waals surface area contributed by atoms with Crippen molar-refractivity contribution in [2.24, 2.45) is 0 Å². The zero-order chi connectivity index (χ0) is 12.8. The van der Waals surface area contributed by atoms with Gasteiger partial charge in [0.25, 0.3) is 0 Å². The first kappa shape index (κ1) is 13.0. The number of nitrogens with one attached hydrogen (secondary N) is 1. The van der Waals surface area contributed by atoms with Gasteiger partial charge < -0.3 is 10.4 Å². The highest BCUT2D eigenvalue weighted by atomic mass is 32.1. The van der Waals surface area contributed by atoms with Gasteiger partial charge in [-0.15, -0.1) is 10.2 Å². The fourth-order valence-corrected chi connectivity index (χ4v) is 2.31. The molecule has 0 aliphatic carbocycles. The SMILES string of the molecule is CCCCNc1nnc(-c2ccc(CO)cc2)s1. The van der Waals surface area contributed by atoms with Gasteiger partial charge in [0.05, 0.1) is 6.61 Å². The molecule has 96 valence electrons. The summed E-state index contributed by atoms with van der Waals surface area (Å²) in [7, 11) is 0. The summed E-state index contributed by atoms with van der Waals surface area (Å²) in [5.74, 6) is 0. The van der Waals surface area contributed by atoms with Crippen molar-refractivity contribution >= 4 is 16.5 Å². The predicted octanol–water partition coefficient (Wildman–Crippen LogP) is 2.91. The maximum Gasteiger partial charge on any atom is 0.206 e. The summed E-state index contributed by atoms with van der Waals surface area (Å²) in [6.07, 6.45) is 2.31. The van der Waals surface area contributed by atoms with E-state index in [1.54, 1.807) is 11.3 Å². The maximum absolute atomic E-state index is 8.99. The molecule has 0 aliphatic rings. The summed E-state index contributed by atoms with van der Waals surface area (Å²) in [5.41, 5.74) is 1.94. The second-order valence-electron chi connectivity index (χ2n) is 4.05. The van der Waals surface area contributed by atoms with E-state index in [1.807, 2.05) is 24.3 Å². The molecular weight excluding hydrogens is 246 g/mol. The van der Waals surface area contributed by atoms with E-state index < -0.39 is 0 Å². The zero-order valence-electron chi connectivity index (χ0n) is 10.4. The quantitative estimate of drug-likeness (QED) is 0.787. The van der Waals surface area contributed by atoms with Crippen molar-refractivity contribution in [1.29, 1.82) is 0 Å². The van der Waals surface area contributed by atoms with Crippen molar-refractivity contribution in [1.82, 2.24) is 10.2 Å². The number of aliphatic hydroxyl groups is 1. The van der Waals surface area contributed by atoms with Gasteiger partial charge in [0, 0.05) is 12.1 Å². The molecular formula is C13H17N3OS. The van der Waals surface area contributed by atoms with Crippen molar-refractivity contribution in [2.45, 2.75) is 26.4 Å². The standard InChI is InChI=1S/C13H17N3OS/c1-2-3-8-14-13-16-15-12(18-13)11-6-4-10(9-17)5-7-11/h4-7,17H,2-3,8-9H2,1H3,(H,14,16). The smallest absolute Gasteiger partial charge is 0.206 e. The largest absolute Gasteiger partial charge is 0.392 e. The Morgan fingerprint density at radius 3 is 2.67 bits per heavy atom. The van der Waals surface area contributed by atoms with Crippen LogP contribution in [0.15, 0.2) is 24.3 Å². The van der Waals surface area contributed by atoms with E-state index in [4.69, 9.17) is 5.11 Å². The number of rotatable bonds is 6. The van der Waals surface area contributed by atoms with E-state index in [2.05, 4.69) is 22.4 Å². The highest BCUT2D eigenvalue weighted by Gasteiger charge is 2.05. The Morgan fingerprint density at radius 2 is 2.00 bits per heavy atom. The first-order valence-electron chi connectivity index (χ1n) is 6.11. The van der Waals surface area contributed by atoms with Crippen LogP contribution in [0.25, 0.3) is 10.6 Å². The van der Waals surface area contributed by atoms with E-state index in [-0.39, 0.29) is 6.61 Å². The Morgan fingerprint density at radius 1 is 1.22 bits per heavy atom. The molecule has 0 bridgehead atoms. The van der Waals surface area contributed by atoms with Gasteiger partial charge in [-0.25, -0.2) is 0 Å². The molecule has 2 aromatic rings. The van der Waals surface area contributed by atoms with Crippen LogP contribution in [0.2, 0.25) is 0 Å². The highest BCUT2D eigenvalue weighted by molar-refractivity contribution is 7.18. The summed E-state index contributed by atoms with van der Waals surface area (Å²) >= 11 is 1.55. The molecule has 1 heterocycles. The number of hydrogen-bond donors (Lipinski definition) is 2. The Bertz CT molecular complexity index is 481. The maximum atomic E-state index is 8.99. The van der Waals surface area contributed by atoms with E-state index in [9.17, 15) is 0 Å². The van der Waals surface area contributed by atoms with Gasteiger partial charge in [0.2, 0.25) is 5.13 Å². The normalized spacial score (nSPS) is 10.6. The summed E-state index contributed by atoms with van der Waals surface area (Å²) < 4.78 is 0. The van der Waals surface area contributed by atoms with Crippen molar-refractivity contribution in [3.63, 3.8) is 0 Å². The van der Waals surface area contributed by atoms with Crippen molar-refractivity contribution in [2.75, 3.05) is 11.9 Å². The molecule has 18 heavy (non-hydrogen) atoms. The third-order valence-corrected chi connectivity index (χ3v) is 3.55. The van der Waals surface area contributed by atoms with Gasteiger partial charge in [0.1, 0.15) is 5.01 Å². The molecule has 0 aliphatic heterocycles. The molecule has 0 spiro atoms. The Labute approximate surface area is 111 Å². The summed E-state index contributed by atoms with van der Waals surface area (Å²) in [5, 5.41) is 22.3. The van der Waals surface area contributed by atoms with Crippen molar-refractivity contribution in [3.05, 3.63) is 29.8 Å². The van der Waals surface area contributed by atoms with Gasteiger partial charge in [-0.05, 0) is 12.0 Å². The highest BCUT2D eigenvalue weighted by Crippen LogP contribution is 2.26. The molecule has 0 saturated heterocycles. The number of benzene rings is 1. The van der Waals surface area contributed by atoms with Gasteiger partial charge >= 0.3 is 0 Å². The molecule has 4 nitrogen and oxygen atoms in total. The van der Waals surface area contributed by atoms with Crippen LogP contribution in [-0.4, -0.2) is 21.8 Å².